The second kappa shape index (κ2) is 5.38. The van der Waals surface area contributed by atoms with Crippen molar-refractivity contribution >= 4 is 10.1 Å². The fourth-order valence-corrected chi connectivity index (χ4v) is 2.53. The normalized spacial score (nSPS) is 18.6. The molecule has 0 aliphatic heterocycles. The summed E-state index contributed by atoms with van der Waals surface area (Å²) in [5.41, 5.74) is 0.589. The van der Waals surface area contributed by atoms with Gasteiger partial charge in [-0.2, -0.15) is 8.42 Å². The molecule has 1 aliphatic carbocycles. The Kier molecular flexibility index (Phi) is 4.04. The molecule has 2 atom stereocenters. The minimum Gasteiger partial charge on any atom is -0.379 e. The predicted octanol–water partition coefficient (Wildman–Crippen LogP) is 1.90. The van der Waals surface area contributed by atoms with Crippen molar-refractivity contribution in [3.05, 3.63) is 48.4 Å². The van der Waals surface area contributed by atoms with Crippen LogP contribution in [0.5, 0.6) is 0 Å². The van der Waals surface area contributed by atoms with E-state index in [4.69, 9.17) is 4.18 Å². The molecule has 1 fully saturated rings. The second-order valence-corrected chi connectivity index (χ2v) is 6.05. The monoisotopic (exact) mass is 268 g/mol. The van der Waals surface area contributed by atoms with Gasteiger partial charge in [-0.3, -0.25) is 4.18 Å². The number of rotatable bonds is 5. The van der Waals surface area contributed by atoms with E-state index in [1.54, 1.807) is 24.3 Å². The molecular weight excluding hydrogens is 252 g/mol. The summed E-state index contributed by atoms with van der Waals surface area (Å²) in [6, 6.07) is 8.86. The number of hydrogen-bond acceptors (Lipinski definition) is 4. The van der Waals surface area contributed by atoms with Gasteiger partial charge in [0.25, 0.3) is 10.1 Å². The van der Waals surface area contributed by atoms with Gasteiger partial charge in [-0.15, -0.1) is 0 Å². The molecular formula is C13H16O4S. The first-order valence-electron chi connectivity index (χ1n) is 5.80. The standard InChI is InChI=1S/C13H16O4S/c1-18(15,16)17-13(11-8-5-9-11)12(14)10-6-3-2-4-7-10/h2-4,6-8,11,13-14H,5,9H2,1H3. The SMILES string of the molecule is CS(=O)(=O)OC([C](O)c1ccccc1)C1[CH]CC1. The Bertz CT molecular complexity index is 479. The molecule has 0 spiro atoms. The van der Waals surface area contributed by atoms with Crippen LogP contribution in [0.15, 0.2) is 30.3 Å². The van der Waals surface area contributed by atoms with Gasteiger partial charge in [-0.25, -0.2) is 0 Å². The minimum atomic E-state index is -3.60. The minimum absolute atomic E-state index is 0.0259. The molecule has 5 heteroatoms. The molecule has 0 aromatic heterocycles. The molecule has 0 heterocycles. The van der Waals surface area contributed by atoms with E-state index < -0.39 is 16.2 Å². The van der Waals surface area contributed by atoms with Crippen molar-refractivity contribution in [2.75, 3.05) is 6.26 Å². The molecule has 0 amide bonds. The van der Waals surface area contributed by atoms with Crippen molar-refractivity contribution in [1.82, 2.24) is 0 Å². The van der Waals surface area contributed by atoms with Crippen LogP contribution in [-0.2, 0) is 14.3 Å². The Balaban J connectivity index is 2.18. The summed E-state index contributed by atoms with van der Waals surface area (Å²) in [6.45, 7) is 0. The fraction of sp³-hybridized carbons (Fsp3) is 0.385. The third-order valence-corrected chi connectivity index (χ3v) is 3.53. The summed E-state index contributed by atoms with van der Waals surface area (Å²) in [6.07, 6.45) is 3.89. The van der Waals surface area contributed by atoms with Crippen molar-refractivity contribution < 1.29 is 17.7 Å². The van der Waals surface area contributed by atoms with Gasteiger partial charge in [-0.1, -0.05) is 30.3 Å². The summed E-state index contributed by atoms with van der Waals surface area (Å²) < 4.78 is 27.5. The Morgan fingerprint density at radius 3 is 2.44 bits per heavy atom. The van der Waals surface area contributed by atoms with E-state index in [9.17, 15) is 13.5 Å². The van der Waals surface area contributed by atoms with Gasteiger partial charge in [-0.05, 0) is 30.7 Å². The summed E-state index contributed by atoms with van der Waals surface area (Å²) in [5.74, 6) is -0.0417. The average Bonchev–Trinajstić information content (AvgIpc) is 2.24. The smallest absolute Gasteiger partial charge is 0.264 e. The van der Waals surface area contributed by atoms with Gasteiger partial charge < -0.3 is 5.11 Å². The van der Waals surface area contributed by atoms with Crippen molar-refractivity contribution in [1.29, 1.82) is 0 Å². The Labute approximate surface area is 108 Å². The van der Waals surface area contributed by atoms with E-state index in [1.807, 2.05) is 12.5 Å². The molecule has 1 aliphatic rings. The highest BCUT2D eigenvalue weighted by Crippen LogP contribution is 2.36. The summed E-state index contributed by atoms with van der Waals surface area (Å²) >= 11 is 0. The number of benzene rings is 1. The number of aliphatic hydroxyl groups is 1. The lowest BCUT2D eigenvalue weighted by Crippen LogP contribution is -2.37. The largest absolute Gasteiger partial charge is 0.379 e. The van der Waals surface area contributed by atoms with Crippen molar-refractivity contribution in [3.8, 4) is 0 Å². The van der Waals surface area contributed by atoms with Crippen molar-refractivity contribution in [2.24, 2.45) is 5.92 Å². The summed E-state index contributed by atoms with van der Waals surface area (Å²) in [5, 5.41) is 10.2. The molecule has 0 saturated heterocycles. The van der Waals surface area contributed by atoms with Gasteiger partial charge in [0.05, 0.1) is 6.26 Å². The van der Waals surface area contributed by atoms with Gasteiger partial charge in [0.2, 0.25) is 0 Å². The zero-order chi connectivity index (χ0) is 13.2. The Morgan fingerprint density at radius 2 is 2.00 bits per heavy atom. The van der Waals surface area contributed by atoms with Crippen LogP contribution in [0.4, 0.5) is 0 Å². The van der Waals surface area contributed by atoms with Crippen LogP contribution < -0.4 is 0 Å². The first kappa shape index (κ1) is 13.5. The van der Waals surface area contributed by atoms with Gasteiger partial charge in [0.15, 0.2) is 6.10 Å². The second-order valence-electron chi connectivity index (χ2n) is 4.45. The number of hydrogen-bond donors (Lipinski definition) is 1. The van der Waals surface area contributed by atoms with E-state index in [2.05, 4.69) is 0 Å². The van der Waals surface area contributed by atoms with Gasteiger partial charge in [0, 0.05) is 0 Å². The molecule has 1 saturated carbocycles. The van der Waals surface area contributed by atoms with Crippen molar-refractivity contribution in [3.63, 3.8) is 0 Å². The van der Waals surface area contributed by atoms with Crippen molar-refractivity contribution in [2.45, 2.75) is 18.9 Å². The third kappa shape index (κ3) is 3.31. The maximum absolute atomic E-state index is 11.3. The zero-order valence-corrected chi connectivity index (χ0v) is 10.9. The molecule has 4 nitrogen and oxygen atoms in total. The maximum Gasteiger partial charge on any atom is 0.264 e. The van der Waals surface area contributed by atoms with Crippen LogP contribution in [0.1, 0.15) is 18.4 Å². The quantitative estimate of drug-likeness (QED) is 0.828. The molecule has 0 bridgehead atoms. The zero-order valence-electron chi connectivity index (χ0n) is 10.1. The first-order valence-corrected chi connectivity index (χ1v) is 7.62. The van der Waals surface area contributed by atoms with Crippen LogP contribution >= 0.6 is 0 Å². The van der Waals surface area contributed by atoms with E-state index in [0.29, 0.717) is 5.56 Å². The lowest BCUT2D eigenvalue weighted by molar-refractivity contribution is 0.0806. The summed E-state index contributed by atoms with van der Waals surface area (Å²) in [7, 11) is -3.60. The van der Waals surface area contributed by atoms with Crippen LogP contribution in [0.2, 0.25) is 0 Å². The summed E-state index contributed by atoms with van der Waals surface area (Å²) in [4.78, 5) is 0. The Hall–Kier alpha value is -0.910. The van der Waals surface area contributed by atoms with E-state index >= 15 is 0 Å². The topological polar surface area (TPSA) is 63.6 Å². The van der Waals surface area contributed by atoms with E-state index in [1.165, 1.54) is 0 Å². The lowest BCUT2D eigenvalue weighted by atomic mass is 9.78. The molecule has 2 unspecified atom stereocenters. The lowest BCUT2D eigenvalue weighted by Gasteiger charge is -2.34. The third-order valence-electron chi connectivity index (χ3n) is 2.98. The van der Waals surface area contributed by atoms with Gasteiger partial charge in [0.1, 0.15) is 6.10 Å². The van der Waals surface area contributed by atoms with Crippen LogP contribution in [-0.4, -0.2) is 25.9 Å². The fourth-order valence-electron chi connectivity index (χ4n) is 1.92. The first-order chi connectivity index (χ1) is 8.47. The average molecular weight is 268 g/mol. The number of aliphatic hydroxyl groups excluding tert-OH is 1. The molecule has 18 heavy (non-hydrogen) atoms. The van der Waals surface area contributed by atoms with Crippen LogP contribution in [0, 0.1) is 18.4 Å². The van der Waals surface area contributed by atoms with Gasteiger partial charge >= 0.3 is 0 Å². The van der Waals surface area contributed by atoms with Crippen LogP contribution in [0.25, 0.3) is 0 Å². The predicted molar refractivity (Wildman–Crippen MR) is 67.5 cm³/mol. The molecule has 1 aromatic carbocycles. The highest BCUT2D eigenvalue weighted by atomic mass is 32.2. The van der Waals surface area contributed by atoms with Crippen LogP contribution in [0.3, 0.4) is 0 Å². The Morgan fingerprint density at radius 1 is 1.39 bits per heavy atom. The van der Waals surface area contributed by atoms with E-state index in [0.717, 1.165) is 19.1 Å². The molecule has 1 N–H and O–H groups in total. The molecule has 1 aromatic rings. The molecule has 2 rings (SSSR count). The van der Waals surface area contributed by atoms with E-state index in [-0.39, 0.29) is 12.0 Å². The maximum atomic E-state index is 11.3. The highest BCUT2D eigenvalue weighted by molar-refractivity contribution is 7.86. The molecule has 98 valence electrons. The highest BCUT2D eigenvalue weighted by Gasteiger charge is 2.37. The molecule has 2 radical (unpaired) electrons.